The van der Waals surface area contributed by atoms with Gasteiger partial charge in [0.25, 0.3) is 0 Å². The zero-order chi connectivity index (χ0) is 6.85. The van der Waals surface area contributed by atoms with E-state index in [1.54, 1.807) is 6.08 Å². The summed E-state index contributed by atoms with van der Waals surface area (Å²) in [5.41, 5.74) is 6.31. The fourth-order valence-corrected chi connectivity index (χ4v) is 0.812. The number of allylic oxidation sites excluding steroid dienone is 2. The average molecular weight is 123 g/mol. The highest BCUT2D eigenvalue weighted by Crippen LogP contribution is 2.14. The number of nitrogens with two attached hydrogens (primary N) is 1. The Kier molecular flexibility index (Phi) is 1.39. The second-order valence-corrected chi connectivity index (χ2v) is 2.13. The third-order valence-corrected chi connectivity index (χ3v) is 1.39. The normalized spacial score (nSPS) is 19.8. The number of hydrogen-bond acceptors (Lipinski definition) is 2. The molecule has 0 aromatic carbocycles. The minimum Gasteiger partial charge on any atom is -0.396 e. The lowest BCUT2D eigenvalue weighted by Gasteiger charge is -2.08. The smallest absolute Gasteiger partial charge is 0.203 e. The van der Waals surface area contributed by atoms with Crippen LogP contribution in [-0.4, -0.2) is 5.78 Å². The van der Waals surface area contributed by atoms with Crippen LogP contribution in [0.5, 0.6) is 0 Å². The van der Waals surface area contributed by atoms with Crippen LogP contribution in [-0.2, 0) is 4.79 Å². The first kappa shape index (κ1) is 6.08. The first-order valence-corrected chi connectivity index (χ1v) is 2.90. The Morgan fingerprint density at radius 1 is 1.67 bits per heavy atom. The van der Waals surface area contributed by atoms with Gasteiger partial charge in [-0.3, -0.25) is 4.79 Å². The number of carbonyl (C=O) groups is 1. The molecule has 0 spiro atoms. The van der Waals surface area contributed by atoms with Crippen LogP contribution in [0.2, 0.25) is 0 Å². The Hall–Kier alpha value is -1.05. The van der Waals surface area contributed by atoms with E-state index < -0.39 is 0 Å². The molecule has 0 saturated carbocycles. The molecule has 48 valence electrons. The molecule has 0 radical (unpaired) electrons. The highest BCUT2D eigenvalue weighted by molar-refractivity contribution is 6.07. The van der Waals surface area contributed by atoms with Crippen LogP contribution in [0, 0.1) is 0 Å². The molecule has 0 aromatic rings. The molecule has 9 heavy (non-hydrogen) atoms. The minimum absolute atomic E-state index is 0.0822. The summed E-state index contributed by atoms with van der Waals surface area (Å²) in [6.45, 7) is 3.58. The van der Waals surface area contributed by atoms with E-state index in [2.05, 4.69) is 6.58 Å². The molecule has 0 atom stereocenters. The SMILES string of the molecule is C=C1CCC=C(N)C1=O. The van der Waals surface area contributed by atoms with Crippen LogP contribution < -0.4 is 5.73 Å². The van der Waals surface area contributed by atoms with Crippen molar-refractivity contribution >= 4 is 5.78 Å². The van der Waals surface area contributed by atoms with Crippen molar-refractivity contribution in [1.82, 2.24) is 0 Å². The van der Waals surface area contributed by atoms with E-state index in [1.165, 1.54) is 0 Å². The molecule has 0 aliphatic heterocycles. The number of hydrogen-bond donors (Lipinski definition) is 1. The van der Waals surface area contributed by atoms with Crippen molar-refractivity contribution in [1.29, 1.82) is 0 Å². The Labute approximate surface area is 54.0 Å². The molecule has 0 heterocycles. The summed E-state index contributed by atoms with van der Waals surface area (Å²) in [5, 5.41) is 0. The molecule has 0 aromatic heterocycles. The van der Waals surface area contributed by atoms with E-state index in [0.717, 1.165) is 12.8 Å². The quantitative estimate of drug-likeness (QED) is 0.483. The van der Waals surface area contributed by atoms with Crippen molar-refractivity contribution in [2.75, 3.05) is 0 Å². The van der Waals surface area contributed by atoms with Gasteiger partial charge in [-0.2, -0.15) is 0 Å². The Balaban J connectivity index is 2.86. The van der Waals surface area contributed by atoms with Crippen LogP contribution in [0.3, 0.4) is 0 Å². The third kappa shape index (κ3) is 1.02. The standard InChI is InChI=1S/C7H9NO/c1-5-3-2-4-6(8)7(5)9/h4H,1-3,8H2. The van der Waals surface area contributed by atoms with Crippen molar-refractivity contribution < 1.29 is 4.79 Å². The Bertz CT molecular complexity index is 191. The predicted octanol–water partition coefficient (Wildman–Crippen LogP) is 0.748. The summed E-state index contributed by atoms with van der Waals surface area (Å²) in [7, 11) is 0. The topological polar surface area (TPSA) is 43.1 Å². The molecule has 1 aliphatic rings. The van der Waals surface area contributed by atoms with Crippen LogP contribution in [0.4, 0.5) is 0 Å². The summed E-state index contributed by atoms with van der Waals surface area (Å²) in [6.07, 6.45) is 3.37. The van der Waals surface area contributed by atoms with Crippen molar-refractivity contribution in [3.8, 4) is 0 Å². The first-order valence-electron chi connectivity index (χ1n) is 2.90. The summed E-state index contributed by atoms with van der Waals surface area (Å²) >= 11 is 0. The van der Waals surface area contributed by atoms with Gasteiger partial charge in [-0.25, -0.2) is 0 Å². The molecule has 0 saturated heterocycles. The monoisotopic (exact) mass is 123 g/mol. The average Bonchev–Trinajstić information content (AvgIpc) is 1.83. The van der Waals surface area contributed by atoms with E-state index >= 15 is 0 Å². The maximum atomic E-state index is 10.8. The van der Waals surface area contributed by atoms with Gasteiger partial charge in [-0.05, 0) is 18.4 Å². The van der Waals surface area contributed by atoms with E-state index in [-0.39, 0.29) is 5.78 Å². The fraction of sp³-hybridized carbons (Fsp3) is 0.286. The summed E-state index contributed by atoms with van der Waals surface area (Å²) in [6, 6.07) is 0. The molecule has 1 aliphatic carbocycles. The van der Waals surface area contributed by atoms with Gasteiger partial charge in [0.1, 0.15) is 0 Å². The van der Waals surface area contributed by atoms with Crippen LogP contribution in [0.15, 0.2) is 23.9 Å². The van der Waals surface area contributed by atoms with Crippen molar-refractivity contribution in [2.45, 2.75) is 12.8 Å². The summed E-state index contributed by atoms with van der Waals surface area (Å²) in [4.78, 5) is 10.8. The molecule has 2 nitrogen and oxygen atoms in total. The molecule has 2 N–H and O–H groups in total. The molecule has 0 fully saturated rings. The van der Waals surface area contributed by atoms with E-state index in [1.807, 2.05) is 0 Å². The number of rotatable bonds is 0. The van der Waals surface area contributed by atoms with Gasteiger partial charge in [-0.15, -0.1) is 0 Å². The van der Waals surface area contributed by atoms with Gasteiger partial charge >= 0.3 is 0 Å². The van der Waals surface area contributed by atoms with Crippen LogP contribution in [0.25, 0.3) is 0 Å². The maximum Gasteiger partial charge on any atom is 0.203 e. The predicted molar refractivity (Wildman–Crippen MR) is 35.7 cm³/mol. The number of Topliss-reactive ketones (excluding diaryl/α,β-unsaturated/α-hetero) is 1. The molecule has 0 unspecified atom stereocenters. The zero-order valence-electron chi connectivity index (χ0n) is 5.18. The van der Waals surface area contributed by atoms with Crippen molar-refractivity contribution in [2.24, 2.45) is 5.73 Å². The van der Waals surface area contributed by atoms with E-state index in [4.69, 9.17) is 5.73 Å². The van der Waals surface area contributed by atoms with Crippen LogP contribution >= 0.6 is 0 Å². The summed E-state index contributed by atoms with van der Waals surface area (Å²) in [5.74, 6) is -0.0822. The van der Waals surface area contributed by atoms with Gasteiger partial charge in [0.2, 0.25) is 5.78 Å². The Morgan fingerprint density at radius 2 is 2.33 bits per heavy atom. The maximum absolute atomic E-state index is 10.8. The second kappa shape index (κ2) is 2.05. The van der Waals surface area contributed by atoms with Crippen molar-refractivity contribution in [3.63, 3.8) is 0 Å². The number of ketones is 1. The van der Waals surface area contributed by atoms with E-state index in [9.17, 15) is 4.79 Å². The summed E-state index contributed by atoms with van der Waals surface area (Å²) < 4.78 is 0. The zero-order valence-corrected chi connectivity index (χ0v) is 5.18. The van der Waals surface area contributed by atoms with E-state index in [0.29, 0.717) is 11.3 Å². The lowest BCUT2D eigenvalue weighted by molar-refractivity contribution is -0.112. The second-order valence-electron chi connectivity index (χ2n) is 2.13. The lowest BCUT2D eigenvalue weighted by Crippen LogP contribution is -2.16. The molecule has 2 heteroatoms. The largest absolute Gasteiger partial charge is 0.396 e. The fourth-order valence-electron chi connectivity index (χ4n) is 0.812. The minimum atomic E-state index is -0.0822. The lowest BCUT2D eigenvalue weighted by atomic mass is 9.99. The van der Waals surface area contributed by atoms with Gasteiger partial charge in [0, 0.05) is 0 Å². The van der Waals surface area contributed by atoms with Gasteiger partial charge in [-0.1, -0.05) is 12.7 Å². The van der Waals surface area contributed by atoms with Gasteiger partial charge in [0.05, 0.1) is 5.70 Å². The molecule has 0 amide bonds. The first-order chi connectivity index (χ1) is 4.22. The Morgan fingerprint density at radius 3 is 2.78 bits per heavy atom. The highest BCUT2D eigenvalue weighted by Gasteiger charge is 2.13. The highest BCUT2D eigenvalue weighted by atomic mass is 16.1. The molecular formula is C7H9NO. The van der Waals surface area contributed by atoms with Gasteiger partial charge < -0.3 is 5.73 Å². The molecule has 1 rings (SSSR count). The van der Waals surface area contributed by atoms with Crippen LogP contribution in [0.1, 0.15) is 12.8 Å². The van der Waals surface area contributed by atoms with Crippen molar-refractivity contribution in [3.05, 3.63) is 23.9 Å². The number of carbonyl (C=O) groups excluding carboxylic acids is 1. The molecule has 0 bridgehead atoms. The molecular weight excluding hydrogens is 114 g/mol. The van der Waals surface area contributed by atoms with Gasteiger partial charge in [0.15, 0.2) is 0 Å². The third-order valence-electron chi connectivity index (χ3n) is 1.39.